The number of carbonyl (C=O) groups excluding carboxylic acids is 1. The number of carbonyl (C=O) groups is 1. The molecule has 2 aromatic rings. The first-order valence-corrected chi connectivity index (χ1v) is 9.92. The highest BCUT2D eigenvalue weighted by molar-refractivity contribution is 5.95. The van der Waals surface area contributed by atoms with Crippen LogP contribution < -0.4 is 15.0 Å². The lowest BCUT2D eigenvalue weighted by atomic mass is 10.0. The molecule has 0 aliphatic carbocycles. The normalized spacial score (nSPS) is 14.3. The third kappa shape index (κ3) is 5.03. The van der Waals surface area contributed by atoms with Crippen LogP contribution in [-0.4, -0.2) is 25.6 Å². The molecule has 3 rings (SSSR count). The summed E-state index contributed by atoms with van der Waals surface area (Å²) in [6.45, 7) is 8.40. The van der Waals surface area contributed by atoms with E-state index in [9.17, 15) is 4.79 Å². The Kier molecular flexibility index (Phi) is 6.38. The van der Waals surface area contributed by atoms with Crippen LogP contribution in [-0.2, 0) is 4.79 Å². The molecule has 1 aliphatic heterocycles. The number of ether oxygens (including phenoxy) is 1. The van der Waals surface area contributed by atoms with Gasteiger partial charge in [0.2, 0.25) is 0 Å². The highest BCUT2D eigenvalue weighted by Gasteiger charge is 2.16. The number of nitrogens with one attached hydrogen (secondary N) is 1. The number of amides is 1. The smallest absolute Gasteiger partial charge is 0.262 e. The second-order valence-electron chi connectivity index (χ2n) is 7.60. The van der Waals surface area contributed by atoms with E-state index in [1.54, 1.807) is 0 Å². The van der Waals surface area contributed by atoms with Gasteiger partial charge in [0.05, 0.1) is 11.4 Å². The predicted molar refractivity (Wildman–Crippen MR) is 112 cm³/mol. The number of rotatable bonds is 6. The summed E-state index contributed by atoms with van der Waals surface area (Å²) in [6, 6.07) is 14.2. The summed E-state index contributed by atoms with van der Waals surface area (Å²) in [7, 11) is 0. The van der Waals surface area contributed by atoms with Gasteiger partial charge in [-0.15, -0.1) is 0 Å². The zero-order valence-corrected chi connectivity index (χ0v) is 16.6. The molecule has 1 heterocycles. The third-order valence-electron chi connectivity index (χ3n) is 5.02. The van der Waals surface area contributed by atoms with Gasteiger partial charge in [-0.05, 0) is 61.4 Å². The molecule has 0 bridgehead atoms. The molecular formula is C23H30N2O2. The van der Waals surface area contributed by atoms with Crippen LogP contribution in [0.25, 0.3) is 0 Å². The Morgan fingerprint density at radius 3 is 2.59 bits per heavy atom. The van der Waals surface area contributed by atoms with Crippen LogP contribution in [0.5, 0.6) is 5.75 Å². The molecule has 0 unspecified atom stereocenters. The number of anilines is 2. The zero-order chi connectivity index (χ0) is 19.2. The molecule has 4 nitrogen and oxygen atoms in total. The molecule has 2 aromatic carbocycles. The molecule has 144 valence electrons. The molecule has 1 aliphatic rings. The van der Waals surface area contributed by atoms with E-state index in [4.69, 9.17) is 4.74 Å². The second-order valence-corrected chi connectivity index (χ2v) is 7.60. The fourth-order valence-electron chi connectivity index (χ4n) is 3.56. The Morgan fingerprint density at radius 1 is 1.11 bits per heavy atom. The Balaban J connectivity index is 1.66. The molecule has 0 radical (unpaired) electrons. The van der Waals surface area contributed by atoms with Crippen LogP contribution in [0, 0.1) is 6.92 Å². The maximum Gasteiger partial charge on any atom is 0.262 e. The van der Waals surface area contributed by atoms with Crippen LogP contribution in [0.3, 0.4) is 0 Å². The Morgan fingerprint density at radius 2 is 1.85 bits per heavy atom. The standard InChI is InChI=1S/C23H30N2O2/c1-17(2)19-12-11-18(3)15-22(19)27-16-23(26)24-20-9-5-6-10-21(20)25-13-7-4-8-14-25/h5-6,9-12,15,17H,4,7-8,13-14,16H2,1-3H3,(H,24,26). The highest BCUT2D eigenvalue weighted by Crippen LogP contribution is 2.29. The lowest BCUT2D eigenvalue weighted by Gasteiger charge is -2.30. The highest BCUT2D eigenvalue weighted by atomic mass is 16.5. The van der Waals surface area contributed by atoms with Gasteiger partial charge >= 0.3 is 0 Å². The van der Waals surface area contributed by atoms with Gasteiger partial charge in [0.1, 0.15) is 5.75 Å². The summed E-state index contributed by atoms with van der Waals surface area (Å²) in [5.74, 6) is 1.02. The lowest BCUT2D eigenvalue weighted by Crippen LogP contribution is -2.31. The molecule has 4 heteroatoms. The average Bonchev–Trinajstić information content (AvgIpc) is 2.67. The number of benzene rings is 2. The summed E-state index contributed by atoms with van der Waals surface area (Å²) < 4.78 is 5.87. The molecule has 27 heavy (non-hydrogen) atoms. The molecule has 0 spiro atoms. The summed E-state index contributed by atoms with van der Waals surface area (Å²) in [5, 5.41) is 3.04. The first-order valence-electron chi connectivity index (χ1n) is 9.92. The van der Waals surface area contributed by atoms with Crippen molar-refractivity contribution in [1.82, 2.24) is 0 Å². The van der Waals surface area contributed by atoms with Crippen molar-refractivity contribution in [3.05, 3.63) is 53.6 Å². The average molecular weight is 367 g/mol. The van der Waals surface area contributed by atoms with E-state index in [0.29, 0.717) is 5.92 Å². The van der Waals surface area contributed by atoms with Crippen LogP contribution in [0.2, 0.25) is 0 Å². The fourth-order valence-corrected chi connectivity index (χ4v) is 3.56. The molecule has 1 fully saturated rings. The van der Waals surface area contributed by atoms with Crippen molar-refractivity contribution in [1.29, 1.82) is 0 Å². The van der Waals surface area contributed by atoms with Crippen molar-refractivity contribution in [2.24, 2.45) is 0 Å². The van der Waals surface area contributed by atoms with E-state index in [1.165, 1.54) is 19.3 Å². The van der Waals surface area contributed by atoms with Crippen LogP contribution in [0.4, 0.5) is 11.4 Å². The van der Waals surface area contributed by atoms with Crippen molar-refractivity contribution in [2.75, 3.05) is 29.9 Å². The fraction of sp³-hybridized carbons (Fsp3) is 0.435. The third-order valence-corrected chi connectivity index (χ3v) is 5.02. The minimum Gasteiger partial charge on any atom is -0.483 e. The maximum atomic E-state index is 12.5. The van der Waals surface area contributed by atoms with Gasteiger partial charge in [-0.3, -0.25) is 4.79 Å². The van der Waals surface area contributed by atoms with E-state index < -0.39 is 0 Å². The van der Waals surface area contributed by atoms with Crippen LogP contribution in [0.1, 0.15) is 50.2 Å². The molecule has 0 atom stereocenters. The Bertz CT molecular complexity index is 780. The van der Waals surface area contributed by atoms with E-state index >= 15 is 0 Å². The summed E-state index contributed by atoms with van der Waals surface area (Å²) >= 11 is 0. The van der Waals surface area contributed by atoms with Crippen molar-refractivity contribution < 1.29 is 9.53 Å². The maximum absolute atomic E-state index is 12.5. The van der Waals surface area contributed by atoms with E-state index in [2.05, 4.69) is 42.3 Å². The first-order chi connectivity index (χ1) is 13.0. The molecule has 0 saturated carbocycles. The molecular weight excluding hydrogens is 336 g/mol. The van der Waals surface area contributed by atoms with Crippen molar-refractivity contribution in [2.45, 2.75) is 46.0 Å². The van der Waals surface area contributed by atoms with E-state index in [-0.39, 0.29) is 12.5 Å². The van der Waals surface area contributed by atoms with Crippen molar-refractivity contribution in [3.63, 3.8) is 0 Å². The van der Waals surface area contributed by atoms with Gasteiger partial charge in [-0.2, -0.15) is 0 Å². The number of para-hydroxylation sites is 2. The lowest BCUT2D eigenvalue weighted by molar-refractivity contribution is -0.118. The predicted octanol–water partition coefficient (Wildman–Crippen LogP) is 5.13. The Labute approximate surface area is 162 Å². The minimum atomic E-state index is -0.129. The zero-order valence-electron chi connectivity index (χ0n) is 16.6. The summed E-state index contributed by atoms with van der Waals surface area (Å²) in [6.07, 6.45) is 3.70. The van der Waals surface area contributed by atoms with Gasteiger partial charge in [-0.25, -0.2) is 0 Å². The number of nitrogens with zero attached hydrogens (tertiary/aromatic N) is 1. The molecule has 1 saturated heterocycles. The number of piperidine rings is 1. The topological polar surface area (TPSA) is 41.6 Å². The number of hydrogen-bond donors (Lipinski definition) is 1. The van der Waals surface area contributed by atoms with Crippen LogP contribution >= 0.6 is 0 Å². The summed E-state index contributed by atoms with van der Waals surface area (Å²) in [5.41, 5.74) is 4.22. The van der Waals surface area contributed by atoms with Gasteiger partial charge in [0, 0.05) is 13.1 Å². The second kappa shape index (κ2) is 8.94. The molecule has 1 N–H and O–H groups in total. The van der Waals surface area contributed by atoms with Crippen molar-refractivity contribution in [3.8, 4) is 5.75 Å². The van der Waals surface area contributed by atoms with Crippen LogP contribution in [0.15, 0.2) is 42.5 Å². The Hall–Kier alpha value is -2.49. The van der Waals surface area contributed by atoms with Gasteiger partial charge < -0.3 is 15.0 Å². The molecule has 0 aromatic heterocycles. The number of hydrogen-bond acceptors (Lipinski definition) is 3. The van der Waals surface area contributed by atoms with Gasteiger partial charge in [0.25, 0.3) is 5.91 Å². The van der Waals surface area contributed by atoms with Gasteiger partial charge in [-0.1, -0.05) is 38.1 Å². The minimum absolute atomic E-state index is 0.0114. The number of aryl methyl sites for hydroxylation is 1. The summed E-state index contributed by atoms with van der Waals surface area (Å²) in [4.78, 5) is 14.9. The SMILES string of the molecule is Cc1ccc(C(C)C)c(OCC(=O)Nc2ccccc2N2CCCCC2)c1. The monoisotopic (exact) mass is 366 g/mol. The van der Waals surface area contributed by atoms with E-state index in [0.717, 1.165) is 41.3 Å². The van der Waals surface area contributed by atoms with Gasteiger partial charge in [0.15, 0.2) is 6.61 Å². The first kappa shape index (κ1) is 19.3. The van der Waals surface area contributed by atoms with Crippen molar-refractivity contribution >= 4 is 17.3 Å². The van der Waals surface area contributed by atoms with E-state index in [1.807, 2.05) is 31.2 Å². The largest absolute Gasteiger partial charge is 0.483 e. The quantitative estimate of drug-likeness (QED) is 0.771. The molecule has 1 amide bonds.